The van der Waals surface area contributed by atoms with Gasteiger partial charge >= 0.3 is 0 Å². The number of hydrogen-bond donors (Lipinski definition) is 0. The Balaban J connectivity index is 3.13. The zero-order chi connectivity index (χ0) is 16.0. The highest BCUT2D eigenvalue weighted by atomic mass is 35.7. The van der Waals surface area contributed by atoms with E-state index < -0.39 is 9.05 Å². The van der Waals surface area contributed by atoms with Gasteiger partial charge in [0.2, 0.25) is 0 Å². The van der Waals surface area contributed by atoms with Crippen molar-refractivity contribution in [1.82, 2.24) is 4.90 Å². The molecule has 1 amide bonds. The number of likely N-dealkylation sites (N-methyl/N-ethyl adjacent to an activating group) is 1. The Bertz CT molecular complexity index is 603. The van der Waals surface area contributed by atoms with Crippen molar-refractivity contribution in [3.05, 3.63) is 23.8 Å². The van der Waals surface area contributed by atoms with Gasteiger partial charge in [-0.1, -0.05) is 0 Å². The van der Waals surface area contributed by atoms with Gasteiger partial charge in [-0.25, -0.2) is 8.42 Å². The van der Waals surface area contributed by atoms with E-state index >= 15 is 0 Å². The van der Waals surface area contributed by atoms with E-state index in [4.69, 9.17) is 20.2 Å². The molecule has 0 radical (unpaired) electrons. The first-order valence-corrected chi connectivity index (χ1v) is 8.58. The molecule has 0 aliphatic heterocycles. The van der Waals surface area contributed by atoms with E-state index in [0.717, 1.165) is 0 Å². The first kappa shape index (κ1) is 17.7. The summed E-state index contributed by atoms with van der Waals surface area (Å²) in [4.78, 5) is 13.4. The lowest BCUT2D eigenvalue weighted by molar-refractivity contribution is 0.0744. The van der Waals surface area contributed by atoms with Gasteiger partial charge in [-0.2, -0.15) is 0 Å². The average Bonchev–Trinajstić information content (AvgIpc) is 2.43. The zero-order valence-corrected chi connectivity index (χ0v) is 13.7. The van der Waals surface area contributed by atoms with Crippen LogP contribution in [0.3, 0.4) is 0 Å². The quantitative estimate of drug-likeness (QED) is 0.709. The number of hydrogen-bond acceptors (Lipinski definition) is 5. The van der Waals surface area contributed by atoms with Crippen LogP contribution in [0.4, 0.5) is 0 Å². The predicted octanol–water partition coefficient (Wildman–Crippen LogP) is 1.73. The lowest BCUT2D eigenvalue weighted by Gasteiger charge is -2.17. The van der Waals surface area contributed by atoms with Gasteiger partial charge in [0.05, 0.1) is 13.2 Å². The van der Waals surface area contributed by atoms with E-state index in [1.807, 2.05) is 0 Å². The number of carbonyl (C=O) groups is 1. The molecule has 0 spiro atoms. The van der Waals surface area contributed by atoms with Crippen molar-refractivity contribution in [2.45, 2.75) is 11.8 Å². The molecule has 8 heteroatoms. The molecule has 21 heavy (non-hydrogen) atoms. The summed E-state index contributed by atoms with van der Waals surface area (Å²) in [5.74, 6) is -0.194. The molecular weight excluding hydrogens is 318 g/mol. The van der Waals surface area contributed by atoms with Gasteiger partial charge in [0.1, 0.15) is 10.6 Å². The number of nitrogens with zero attached hydrogens (tertiary/aromatic N) is 1. The summed E-state index contributed by atoms with van der Waals surface area (Å²) in [6, 6.07) is 4.15. The monoisotopic (exact) mass is 335 g/mol. The molecule has 118 valence electrons. The summed E-state index contributed by atoms with van der Waals surface area (Å²) in [5, 5.41) is 0. The summed E-state index contributed by atoms with van der Waals surface area (Å²) in [6.07, 6.45) is 0. The topological polar surface area (TPSA) is 72.9 Å². The van der Waals surface area contributed by atoms with Crippen LogP contribution in [-0.4, -0.2) is 53.1 Å². The van der Waals surface area contributed by atoms with Crippen molar-refractivity contribution in [3.8, 4) is 5.75 Å². The summed E-state index contributed by atoms with van der Waals surface area (Å²) in [7, 11) is 4.52. The number of benzene rings is 1. The Morgan fingerprint density at radius 2 is 2.05 bits per heavy atom. The van der Waals surface area contributed by atoms with Gasteiger partial charge in [0.25, 0.3) is 15.0 Å². The molecule has 0 aliphatic carbocycles. The third-order valence-electron chi connectivity index (χ3n) is 2.73. The van der Waals surface area contributed by atoms with Crippen LogP contribution in [0.15, 0.2) is 23.1 Å². The second-order valence-corrected chi connectivity index (χ2v) is 6.79. The van der Waals surface area contributed by atoms with Crippen LogP contribution in [0.2, 0.25) is 0 Å². The molecule has 0 saturated heterocycles. The Hall–Kier alpha value is -1.31. The van der Waals surface area contributed by atoms with Crippen molar-refractivity contribution >= 4 is 25.6 Å². The summed E-state index contributed by atoms with van der Waals surface area (Å²) in [6.45, 7) is 2.80. The normalized spacial score (nSPS) is 11.2. The Kier molecular flexibility index (Phi) is 6.44. The third kappa shape index (κ3) is 4.87. The Labute approximate surface area is 129 Å². The third-order valence-corrected chi connectivity index (χ3v) is 4.07. The molecular formula is C13H18ClNO5S. The molecule has 1 aromatic carbocycles. The second-order valence-electron chi connectivity index (χ2n) is 4.25. The molecule has 0 atom stereocenters. The zero-order valence-electron chi connectivity index (χ0n) is 12.1. The average molecular weight is 336 g/mol. The predicted molar refractivity (Wildman–Crippen MR) is 79.5 cm³/mol. The van der Waals surface area contributed by atoms with Crippen LogP contribution >= 0.6 is 10.7 Å². The standard InChI is InChI=1S/C13H18ClNO5S/c1-4-20-11-6-5-10(9-12(11)21(14,17)18)13(16)15(2)7-8-19-3/h5-6,9H,4,7-8H2,1-3H3. The van der Waals surface area contributed by atoms with E-state index in [9.17, 15) is 13.2 Å². The molecule has 0 unspecified atom stereocenters. The van der Waals surface area contributed by atoms with Crippen LogP contribution in [0.1, 0.15) is 17.3 Å². The highest BCUT2D eigenvalue weighted by Crippen LogP contribution is 2.28. The van der Waals surface area contributed by atoms with Crippen molar-refractivity contribution in [3.63, 3.8) is 0 Å². The molecule has 0 aliphatic rings. The Morgan fingerprint density at radius 1 is 1.38 bits per heavy atom. The lowest BCUT2D eigenvalue weighted by atomic mass is 10.2. The molecule has 0 aromatic heterocycles. The summed E-state index contributed by atoms with van der Waals surface area (Å²) < 4.78 is 33.3. The van der Waals surface area contributed by atoms with Gasteiger partial charge in [0, 0.05) is 36.9 Å². The number of amides is 1. The number of methoxy groups -OCH3 is 1. The minimum atomic E-state index is -4.00. The maximum absolute atomic E-state index is 12.2. The minimum absolute atomic E-state index is 0.128. The number of carbonyl (C=O) groups excluding carboxylic acids is 1. The van der Waals surface area contributed by atoms with Crippen LogP contribution in [0, 0.1) is 0 Å². The van der Waals surface area contributed by atoms with Gasteiger partial charge in [-0.3, -0.25) is 4.79 Å². The maximum atomic E-state index is 12.2. The SMILES string of the molecule is CCOc1ccc(C(=O)N(C)CCOC)cc1S(=O)(=O)Cl. The molecule has 0 fully saturated rings. The van der Waals surface area contributed by atoms with Crippen molar-refractivity contribution < 1.29 is 22.7 Å². The van der Waals surface area contributed by atoms with Crippen molar-refractivity contribution in [2.75, 3.05) is 33.9 Å². The highest BCUT2D eigenvalue weighted by molar-refractivity contribution is 8.13. The van der Waals surface area contributed by atoms with Crippen molar-refractivity contribution in [2.24, 2.45) is 0 Å². The molecule has 0 N–H and O–H groups in total. The maximum Gasteiger partial charge on any atom is 0.265 e. The molecule has 1 aromatic rings. The van der Waals surface area contributed by atoms with Gasteiger partial charge in [-0.15, -0.1) is 0 Å². The fourth-order valence-corrected chi connectivity index (χ4v) is 2.65. The van der Waals surface area contributed by atoms with Crippen LogP contribution in [-0.2, 0) is 13.8 Å². The Morgan fingerprint density at radius 3 is 2.57 bits per heavy atom. The van der Waals surface area contributed by atoms with E-state index in [0.29, 0.717) is 19.8 Å². The number of halogens is 1. The highest BCUT2D eigenvalue weighted by Gasteiger charge is 2.21. The molecule has 1 rings (SSSR count). The fourth-order valence-electron chi connectivity index (χ4n) is 1.66. The summed E-state index contributed by atoms with van der Waals surface area (Å²) >= 11 is 0. The largest absolute Gasteiger partial charge is 0.492 e. The molecule has 0 heterocycles. The summed E-state index contributed by atoms with van der Waals surface area (Å²) in [5.41, 5.74) is 0.219. The number of rotatable bonds is 7. The van der Waals surface area contributed by atoms with Gasteiger partial charge in [0.15, 0.2) is 0 Å². The van der Waals surface area contributed by atoms with E-state index in [2.05, 4.69) is 0 Å². The van der Waals surface area contributed by atoms with E-state index in [1.165, 1.54) is 30.2 Å². The van der Waals surface area contributed by atoms with Gasteiger partial charge < -0.3 is 14.4 Å². The van der Waals surface area contributed by atoms with Crippen LogP contribution in [0.25, 0.3) is 0 Å². The van der Waals surface area contributed by atoms with Crippen LogP contribution < -0.4 is 4.74 Å². The minimum Gasteiger partial charge on any atom is -0.492 e. The lowest BCUT2D eigenvalue weighted by Crippen LogP contribution is -2.30. The van der Waals surface area contributed by atoms with Crippen LogP contribution in [0.5, 0.6) is 5.75 Å². The smallest absolute Gasteiger partial charge is 0.265 e. The van der Waals surface area contributed by atoms with Gasteiger partial charge in [-0.05, 0) is 25.1 Å². The molecule has 6 nitrogen and oxygen atoms in total. The first-order valence-electron chi connectivity index (χ1n) is 6.27. The van der Waals surface area contributed by atoms with E-state index in [1.54, 1.807) is 14.0 Å². The molecule has 0 bridgehead atoms. The first-order chi connectivity index (χ1) is 9.81. The number of ether oxygens (including phenoxy) is 2. The van der Waals surface area contributed by atoms with Crippen molar-refractivity contribution in [1.29, 1.82) is 0 Å². The molecule has 0 saturated carbocycles. The second kappa shape index (κ2) is 7.63. The van der Waals surface area contributed by atoms with E-state index in [-0.39, 0.29) is 22.1 Å². The fraction of sp³-hybridized carbons (Fsp3) is 0.462.